The summed E-state index contributed by atoms with van der Waals surface area (Å²) in [6.45, 7) is 3.32. The van der Waals surface area contributed by atoms with E-state index in [0.717, 1.165) is 24.5 Å². The van der Waals surface area contributed by atoms with E-state index in [1.807, 2.05) is 0 Å². The summed E-state index contributed by atoms with van der Waals surface area (Å²) < 4.78 is 0. The summed E-state index contributed by atoms with van der Waals surface area (Å²) in [5.74, 6) is -3.54. The first kappa shape index (κ1) is 23.7. The predicted molar refractivity (Wildman–Crippen MR) is 98.2 cm³/mol. The van der Waals surface area contributed by atoms with Crippen LogP contribution in [0.3, 0.4) is 0 Å². The number of hydrogen-bond acceptors (Lipinski definition) is 8. The number of carboxylic acid groups (broad SMARTS) is 2. The standard InChI is InChI=1S/C10H17N3S.C4H6O6.BrH/c1-2-5-12-7-3-4-8-9(6-7)14-10(11)13-8;5-1(3(7)8)2(6)4(9)10;/h7,12H,2-6H2,1H3,(H2,11,13);1-2,5-6H,(H,7,8)(H,9,10);1H/t7-;1-,2-;/m01./s1. The topological polar surface area (TPSA) is 166 Å². The maximum Gasteiger partial charge on any atom is 0.335 e. The van der Waals surface area contributed by atoms with E-state index >= 15 is 0 Å². The Morgan fingerprint density at radius 3 is 2.36 bits per heavy atom. The summed E-state index contributed by atoms with van der Waals surface area (Å²) in [5, 5.41) is 36.8. The highest BCUT2D eigenvalue weighted by atomic mass is 79.9. The van der Waals surface area contributed by atoms with E-state index in [2.05, 4.69) is 17.2 Å². The molecule has 1 aromatic rings. The molecule has 0 saturated heterocycles. The van der Waals surface area contributed by atoms with Crippen molar-refractivity contribution in [1.29, 1.82) is 0 Å². The van der Waals surface area contributed by atoms with Gasteiger partial charge in [-0.2, -0.15) is 0 Å². The normalized spacial score (nSPS) is 18.0. The van der Waals surface area contributed by atoms with E-state index < -0.39 is 24.1 Å². The molecule has 2 rings (SSSR count). The van der Waals surface area contributed by atoms with E-state index in [1.165, 1.54) is 23.4 Å². The van der Waals surface area contributed by atoms with Crippen LogP contribution in [0.4, 0.5) is 5.13 Å². The van der Waals surface area contributed by atoms with Gasteiger partial charge in [0, 0.05) is 10.9 Å². The van der Waals surface area contributed by atoms with Gasteiger partial charge in [-0.25, -0.2) is 14.6 Å². The van der Waals surface area contributed by atoms with Crippen molar-refractivity contribution in [3.05, 3.63) is 10.6 Å². The van der Waals surface area contributed by atoms with Gasteiger partial charge in [-0.1, -0.05) is 6.92 Å². The lowest BCUT2D eigenvalue weighted by Gasteiger charge is -2.21. The van der Waals surface area contributed by atoms with Gasteiger partial charge in [-0.05, 0) is 32.2 Å². The average Bonchev–Trinajstić information content (AvgIpc) is 2.91. The zero-order valence-electron chi connectivity index (χ0n) is 13.7. The Hall–Kier alpha value is -1.27. The second-order valence-electron chi connectivity index (χ2n) is 5.38. The van der Waals surface area contributed by atoms with Crippen molar-refractivity contribution in [3.63, 3.8) is 0 Å². The first-order chi connectivity index (χ1) is 11.3. The molecule has 1 aromatic heterocycles. The molecule has 0 unspecified atom stereocenters. The molecule has 11 heteroatoms. The monoisotopic (exact) mass is 441 g/mol. The van der Waals surface area contributed by atoms with E-state index in [4.69, 9.17) is 26.2 Å². The van der Waals surface area contributed by atoms with E-state index in [9.17, 15) is 9.59 Å². The number of nitrogens with zero attached hydrogens (tertiary/aromatic N) is 1. The average molecular weight is 442 g/mol. The number of aryl methyl sites for hydroxylation is 1. The molecular weight excluding hydrogens is 418 g/mol. The molecule has 144 valence electrons. The molecule has 3 atom stereocenters. The number of nitrogen functional groups attached to an aromatic ring is 1. The molecule has 0 saturated carbocycles. The maximum absolute atomic E-state index is 9.77. The Bertz CT molecular complexity index is 553. The lowest BCUT2D eigenvalue weighted by molar-refractivity contribution is -0.165. The molecule has 0 spiro atoms. The van der Waals surface area contributed by atoms with Crippen LogP contribution in [0, 0.1) is 0 Å². The number of carbonyl (C=O) groups is 2. The molecule has 7 N–H and O–H groups in total. The van der Waals surface area contributed by atoms with Crippen LogP contribution >= 0.6 is 28.3 Å². The number of aliphatic hydroxyl groups excluding tert-OH is 2. The van der Waals surface area contributed by atoms with Crippen molar-refractivity contribution in [2.45, 2.75) is 50.9 Å². The molecule has 0 fully saturated rings. The zero-order chi connectivity index (χ0) is 18.3. The summed E-state index contributed by atoms with van der Waals surface area (Å²) in [5.41, 5.74) is 6.93. The van der Waals surface area contributed by atoms with Gasteiger partial charge in [-0.15, -0.1) is 28.3 Å². The second-order valence-corrected chi connectivity index (χ2v) is 6.50. The fourth-order valence-electron chi connectivity index (χ4n) is 2.19. The Labute approximate surface area is 159 Å². The molecule has 1 aliphatic carbocycles. The highest BCUT2D eigenvalue weighted by Crippen LogP contribution is 2.27. The number of aliphatic carboxylic acids is 2. The second kappa shape index (κ2) is 11.4. The first-order valence-corrected chi connectivity index (χ1v) is 8.37. The highest BCUT2D eigenvalue weighted by molar-refractivity contribution is 8.93. The molecular formula is C14H24BrN3O6S. The summed E-state index contributed by atoms with van der Waals surface area (Å²) in [7, 11) is 0. The molecule has 9 nitrogen and oxygen atoms in total. The Morgan fingerprint density at radius 2 is 1.88 bits per heavy atom. The van der Waals surface area contributed by atoms with Crippen molar-refractivity contribution in [2.75, 3.05) is 12.3 Å². The van der Waals surface area contributed by atoms with E-state index in [0.29, 0.717) is 6.04 Å². The van der Waals surface area contributed by atoms with Gasteiger partial charge in [0.05, 0.1) is 5.69 Å². The van der Waals surface area contributed by atoms with Crippen molar-refractivity contribution < 1.29 is 30.0 Å². The van der Waals surface area contributed by atoms with Crippen LogP contribution in [0.5, 0.6) is 0 Å². The number of carboxylic acids is 2. The number of hydrogen-bond donors (Lipinski definition) is 6. The zero-order valence-corrected chi connectivity index (χ0v) is 16.2. The Balaban J connectivity index is 0.000000471. The maximum atomic E-state index is 9.77. The smallest absolute Gasteiger partial charge is 0.335 e. The van der Waals surface area contributed by atoms with Crippen LogP contribution in [0.2, 0.25) is 0 Å². The Kier molecular flexibility index (Phi) is 10.8. The van der Waals surface area contributed by atoms with Gasteiger partial charge in [0.2, 0.25) is 0 Å². The largest absolute Gasteiger partial charge is 0.479 e. The van der Waals surface area contributed by atoms with Gasteiger partial charge < -0.3 is 31.5 Å². The van der Waals surface area contributed by atoms with Crippen molar-refractivity contribution in [3.8, 4) is 0 Å². The van der Waals surface area contributed by atoms with Crippen molar-refractivity contribution >= 4 is 45.4 Å². The van der Waals surface area contributed by atoms with Gasteiger partial charge in [-0.3, -0.25) is 0 Å². The lowest BCUT2D eigenvalue weighted by Crippen LogP contribution is -2.39. The number of halogens is 1. The van der Waals surface area contributed by atoms with Gasteiger partial charge in [0.25, 0.3) is 0 Å². The van der Waals surface area contributed by atoms with Crippen LogP contribution in [0.25, 0.3) is 0 Å². The lowest BCUT2D eigenvalue weighted by atomic mass is 9.98. The van der Waals surface area contributed by atoms with Gasteiger partial charge in [0.15, 0.2) is 17.3 Å². The fraction of sp³-hybridized carbons (Fsp3) is 0.643. The number of rotatable bonds is 6. The molecule has 1 heterocycles. The molecule has 0 radical (unpaired) electrons. The van der Waals surface area contributed by atoms with Crippen molar-refractivity contribution in [1.82, 2.24) is 10.3 Å². The molecule has 1 aliphatic rings. The first-order valence-electron chi connectivity index (χ1n) is 7.55. The minimum atomic E-state index is -2.27. The van der Waals surface area contributed by atoms with Crippen LogP contribution in [-0.4, -0.2) is 62.1 Å². The SMILES string of the molecule is Br.CCCN[C@H]1CCc2nc(N)sc2C1.O=C(O)[C@H](O)[C@@H](O)C(=O)O. The molecule has 25 heavy (non-hydrogen) atoms. The minimum Gasteiger partial charge on any atom is -0.479 e. The van der Waals surface area contributed by atoms with Gasteiger partial charge in [0.1, 0.15) is 0 Å². The minimum absolute atomic E-state index is 0. The number of fused-ring (bicyclic) bond motifs is 1. The van der Waals surface area contributed by atoms with E-state index in [-0.39, 0.29) is 17.0 Å². The third-order valence-corrected chi connectivity index (χ3v) is 4.39. The number of nitrogens with one attached hydrogen (secondary N) is 1. The van der Waals surface area contributed by atoms with Crippen LogP contribution in [0.1, 0.15) is 30.3 Å². The summed E-state index contributed by atoms with van der Waals surface area (Å²) in [6.07, 6.45) is 0.0777. The quantitative estimate of drug-likeness (QED) is 0.357. The Morgan fingerprint density at radius 1 is 1.32 bits per heavy atom. The molecule has 0 bridgehead atoms. The molecule has 0 amide bonds. The summed E-state index contributed by atoms with van der Waals surface area (Å²) in [6, 6.07) is 0.641. The number of aliphatic hydroxyl groups is 2. The van der Waals surface area contributed by atoms with Crippen LogP contribution < -0.4 is 11.1 Å². The summed E-state index contributed by atoms with van der Waals surface area (Å²) >= 11 is 1.65. The molecule has 0 aromatic carbocycles. The van der Waals surface area contributed by atoms with Gasteiger partial charge >= 0.3 is 11.9 Å². The number of thiazole rings is 1. The number of aromatic nitrogens is 1. The number of nitrogens with two attached hydrogens (primary N) is 1. The predicted octanol–water partition coefficient (Wildman–Crippen LogP) is 0.0375. The third kappa shape index (κ3) is 7.65. The van der Waals surface area contributed by atoms with Crippen LogP contribution in [0.15, 0.2) is 0 Å². The van der Waals surface area contributed by atoms with Crippen molar-refractivity contribution in [2.24, 2.45) is 0 Å². The third-order valence-electron chi connectivity index (χ3n) is 3.44. The number of anilines is 1. The molecule has 0 aliphatic heterocycles. The van der Waals surface area contributed by atoms with Crippen LogP contribution in [-0.2, 0) is 22.4 Å². The fourth-order valence-corrected chi connectivity index (χ4v) is 3.15. The summed E-state index contributed by atoms with van der Waals surface area (Å²) in [4.78, 5) is 25.3. The van der Waals surface area contributed by atoms with E-state index in [1.54, 1.807) is 11.3 Å². The highest BCUT2D eigenvalue weighted by Gasteiger charge is 2.29.